The third kappa shape index (κ3) is 4.93. The zero-order valence-corrected chi connectivity index (χ0v) is 9.27. The van der Waals surface area contributed by atoms with E-state index in [0.717, 1.165) is 11.8 Å². The largest absolute Gasteiger partial charge is 0.481 e. The van der Waals surface area contributed by atoms with Gasteiger partial charge in [0, 0.05) is 11.2 Å². The minimum Gasteiger partial charge on any atom is -0.481 e. The van der Waals surface area contributed by atoms with Crippen molar-refractivity contribution in [1.82, 2.24) is 0 Å². The highest BCUT2D eigenvalue weighted by Crippen LogP contribution is 2.24. The summed E-state index contributed by atoms with van der Waals surface area (Å²) in [6, 6.07) is 0. The molecule has 0 unspecified atom stereocenters. The van der Waals surface area contributed by atoms with Gasteiger partial charge in [-0.15, -0.1) is 0 Å². The first-order chi connectivity index (χ1) is 5.75. The first-order valence-corrected chi connectivity index (χ1v) is 5.13. The number of aliphatic carboxylic acids is 1. The van der Waals surface area contributed by atoms with Crippen LogP contribution in [0.25, 0.3) is 0 Å². The summed E-state index contributed by atoms with van der Waals surface area (Å²) in [6.45, 7) is 7.08. The molecule has 0 aliphatic heterocycles. The van der Waals surface area contributed by atoms with Crippen molar-refractivity contribution in [3.05, 3.63) is 0 Å². The van der Waals surface area contributed by atoms with Crippen LogP contribution in [0.2, 0.25) is 0 Å². The van der Waals surface area contributed by atoms with Crippen molar-refractivity contribution in [2.24, 2.45) is 11.3 Å². The Hall–Kier alpha value is -0.510. The van der Waals surface area contributed by atoms with Gasteiger partial charge in [-0.25, -0.2) is 0 Å². The van der Waals surface area contributed by atoms with Crippen LogP contribution in [0.4, 0.5) is 0 Å². The smallest absolute Gasteiger partial charge is 0.307 e. The molecule has 1 N–H and O–H groups in total. The predicted octanol–water partition coefficient (Wildman–Crippen LogP) is 2.01. The second-order valence-corrected chi connectivity index (χ2v) is 5.08. The van der Waals surface area contributed by atoms with Crippen molar-refractivity contribution in [3.63, 3.8) is 0 Å². The van der Waals surface area contributed by atoms with E-state index in [9.17, 15) is 9.59 Å². The van der Waals surface area contributed by atoms with E-state index in [2.05, 4.69) is 0 Å². The Morgan fingerprint density at radius 1 is 1.38 bits per heavy atom. The van der Waals surface area contributed by atoms with Gasteiger partial charge in [0.25, 0.3) is 0 Å². The van der Waals surface area contributed by atoms with E-state index >= 15 is 0 Å². The number of hydrogen-bond acceptors (Lipinski definition) is 3. The molecule has 3 nitrogen and oxygen atoms in total. The molecule has 0 aliphatic rings. The average molecular weight is 204 g/mol. The lowest BCUT2D eigenvalue weighted by molar-refractivity contribution is -0.140. The Bertz CT molecular complexity index is 205. The second-order valence-electron chi connectivity index (χ2n) is 4.09. The van der Waals surface area contributed by atoms with Crippen LogP contribution < -0.4 is 0 Å². The third-order valence-electron chi connectivity index (χ3n) is 1.50. The SMILES string of the molecule is C[C@H](CSC(=O)C(C)(C)C)C(=O)O. The van der Waals surface area contributed by atoms with Gasteiger partial charge in [0.2, 0.25) is 0 Å². The van der Waals surface area contributed by atoms with E-state index < -0.39 is 11.9 Å². The van der Waals surface area contributed by atoms with E-state index in [-0.39, 0.29) is 10.5 Å². The Morgan fingerprint density at radius 2 is 1.85 bits per heavy atom. The Kier molecular flexibility index (Phi) is 4.47. The predicted molar refractivity (Wildman–Crippen MR) is 53.7 cm³/mol. The van der Waals surface area contributed by atoms with Gasteiger partial charge in [0.05, 0.1) is 5.92 Å². The molecule has 1 atom stereocenters. The van der Waals surface area contributed by atoms with Crippen LogP contribution in [0.5, 0.6) is 0 Å². The molecule has 0 rings (SSSR count). The van der Waals surface area contributed by atoms with Crippen LogP contribution in [-0.4, -0.2) is 21.9 Å². The Balaban J connectivity index is 3.91. The fourth-order valence-electron chi connectivity index (χ4n) is 0.488. The molecular weight excluding hydrogens is 188 g/mol. The molecule has 0 bridgehead atoms. The third-order valence-corrected chi connectivity index (χ3v) is 3.04. The van der Waals surface area contributed by atoms with Crippen molar-refractivity contribution in [3.8, 4) is 0 Å². The van der Waals surface area contributed by atoms with Crippen molar-refractivity contribution in [2.45, 2.75) is 27.7 Å². The highest BCUT2D eigenvalue weighted by atomic mass is 32.2. The monoisotopic (exact) mass is 204 g/mol. The zero-order chi connectivity index (χ0) is 10.6. The van der Waals surface area contributed by atoms with Crippen molar-refractivity contribution < 1.29 is 14.7 Å². The highest BCUT2D eigenvalue weighted by molar-refractivity contribution is 8.13. The number of carbonyl (C=O) groups excluding carboxylic acids is 1. The molecule has 0 aliphatic carbocycles. The molecule has 0 saturated carbocycles. The molecule has 0 fully saturated rings. The standard InChI is InChI=1S/C9H16O3S/c1-6(7(10)11)5-13-8(12)9(2,3)4/h6H,5H2,1-4H3,(H,10,11)/t6-/m1/s1. The van der Waals surface area contributed by atoms with Gasteiger partial charge in [-0.2, -0.15) is 0 Å². The number of carboxylic acid groups (broad SMARTS) is 1. The lowest BCUT2D eigenvalue weighted by Crippen LogP contribution is -2.20. The molecule has 0 aromatic heterocycles. The van der Waals surface area contributed by atoms with Crippen LogP contribution >= 0.6 is 11.8 Å². The van der Waals surface area contributed by atoms with Gasteiger partial charge in [-0.1, -0.05) is 39.5 Å². The van der Waals surface area contributed by atoms with Crippen LogP contribution in [0.3, 0.4) is 0 Å². The fourth-order valence-corrected chi connectivity index (χ4v) is 1.47. The highest BCUT2D eigenvalue weighted by Gasteiger charge is 2.23. The molecule has 76 valence electrons. The molecule has 4 heteroatoms. The van der Waals surface area contributed by atoms with Gasteiger partial charge in [0.1, 0.15) is 0 Å². The van der Waals surface area contributed by atoms with E-state index in [1.807, 2.05) is 20.8 Å². The topological polar surface area (TPSA) is 54.4 Å². The molecular formula is C9H16O3S. The molecule has 0 saturated heterocycles. The number of rotatable bonds is 3. The minimum atomic E-state index is -0.853. The normalized spacial score (nSPS) is 13.8. The Morgan fingerprint density at radius 3 is 2.15 bits per heavy atom. The van der Waals surface area contributed by atoms with Crippen LogP contribution in [0.1, 0.15) is 27.7 Å². The summed E-state index contributed by atoms with van der Waals surface area (Å²) in [5.74, 6) is -0.962. The molecule has 0 heterocycles. The lowest BCUT2D eigenvalue weighted by Gasteiger charge is -2.16. The maximum absolute atomic E-state index is 11.4. The lowest BCUT2D eigenvalue weighted by atomic mass is 10.00. The van der Waals surface area contributed by atoms with Crippen molar-refractivity contribution in [1.29, 1.82) is 0 Å². The summed E-state index contributed by atoms with van der Waals surface area (Å²) in [5.41, 5.74) is -0.386. The van der Waals surface area contributed by atoms with E-state index in [1.54, 1.807) is 6.92 Å². The van der Waals surface area contributed by atoms with Gasteiger partial charge in [0.15, 0.2) is 5.12 Å². The number of thioether (sulfide) groups is 1. The first-order valence-electron chi connectivity index (χ1n) is 4.15. The molecule has 0 radical (unpaired) electrons. The average Bonchev–Trinajstić information content (AvgIpc) is 1.97. The summed E-state index contributed by atoms with van der Waals surface area (Å²) in [5, 5.41) is 8.62. The number of carbonyl (C=O) groups is 2. The molecule has 0 aromatic carbocycles. The van der Waals surface area contributed by atoms with E-state index in [1.165, 1.54) is 0 Å². The summed E-state index contributed by atoms with van der Waals surface area (Å²) in [7, 11) is 0. The van der Waals surface area contributed by atoms with Gasteiger partial charge >= 0.3 is 5.97 Å². The van der Waals surface area contributed by atoms with Gasteiger partial charge in [-0.3, -0.25) is 9.59 Å². The summed E-state index contributed by atoms with van der Waals surface area (Å²) < 4.78 is 0. The maximum atomic E-state index is 11.4. The van der Waals surface area contributed by atoms with Gasteiger partial charge in [-0.05, 0) is 0 Å². The summed E-state index contributed by atoms with van der Waals surface area (Å²) in [4.78, 5) is 21.8. The van der Waals surface area contributed by atoms with Crippen LogP contribution in [0.15, 0.2) is 0 Å². The van der Waals surface area contributed by atoms with E-state index in [4.69, 9.17) is 5.11 Å². The van der Waals surface area contributed by atoms with Crippen molar-refractivity contribution in [2.75, 3.05) is 5.75 Å². The summed E-state index contributed by atoms with van der Waals surface area (Å²) in [6.07, 6.45) is 0. The first kappa shape index (κ1) is 12.5. The Labute approximate surface area is 82.9 Å². The van der Waals surface area contributed by atoms with E-state index in [0.29, 0.717) is 5.75 Å². The fraction of sp³-hybridized carbons (Fsp3) is 0.778. The molecule has 0 amide bonds. The summed E-state index contributed by atoms with van der Waals surface area (Å²) >= 11 is 1.10. The second kappa shape index (κ2) is 4.65. The van der Waals surface area contributed by atoms with Crippen molar-refractivity contribution >= 4 is 22.8 Å². The molecule has 13 heavy (non-hydrogen) atoms. The van der Waals surface area contributed by atoms with Gasteiger partial charge < -0.3 is 5.11 Å². The quantitative estimate of drug-likeness (QED) is 0.764. The van der Waals surface area contributed by atoms with Crippen LogP contribution in [0, 0.1) is 11.3 Å². The number of carboxylic acids is 1. The molecule has 0 aromatic rings. The van der Waals surface area contributed by atoms with Crippen LogP contribution in [-0.2, 0) is 9.59 Å². The number of hydrogen-bond donors (Lipinski definition) is 1. The maximum Gasteiger partial charge on any atom is 0.307 e. The zero-order valence-electron chi connectivity index (χ0n) is 8.46. The minimum absolute atomic E-state index is 0.0422. The molecule has 0 spiro atoms.